The van der Waals surface area contributed by atoms with Crippen molar-refractivity contribution >= 4 is 17.4 Å². The minimum atomic E-state index is -4.62. The maximum absolute atomic E-state index is 13.4. The highest BCUT2D eigenvalue weighted by molar-refractivity contribution is 5.96. The molecule has 36 heavy (non-hydrogen) atoms. The molecular formula is C27H26F3N3O3. The molecule has 6 nitrogen and oxygen atoms in total. The predicted molar refractivity (Wildman–Crippen MR) is 131 cm³/mol. The number of halogens is 3. The molecule has 3 aromatic rings. The van der Waals surface area contributed by atoms with Gasteiger partial charge in [-0.1, -0.05) is 37.3 Å². The van der Waals surface area contributed by atoms with Crippen molar-refractivity contribution < 1.29 is 27.8 Å². The first kappa shape index (κ1) is 25.2. The third kappa shape index (κ3) is 5.19. The molecule has 0 saturated heterocycles. The third-order valence-corrected chi connectivity index (χ3v) is 6.43. The second kappa shape index (κ2) is 10.0. The monoisotopic (exact) mass is 497 g/mol. The van der Waals surface area contributed by atoms with E-state index in [1.54, 1.807) is 25.4 Å². The van der Waals surface area contributed by atoms with Gasteiger partial charge in [0.05, 0.1) is 25.3 Å². The third-order valence-electron chi connectivity index (χ3n) is 6.43. The molecule has 0 bridgehead atoms. The van der Waals surface area contributed by atoms with Crippen molar-refractivity contribution in [1.29, 1.82) is 0 Å². The number of benzene rings is 2. The number of carboxylic acid groups (broad SMARTS) is 1. The van der Waals surface area contributed by atoms with E-state index in [9.17, 15) is 23.1 Å². The molecule has 1 N–H and O–H groups in total. The van der Waals surface area contributed by atoms with E-state index in [0.717, 1.165) is 27.8 Å². The standard InChI is InChI=1S/C27H26F3N3O3/c1-16-13-20(22-5-4-12-31-26(22)36-3)9-8-19(16)14-18-6-10-21(11-7-18)33-23(15-24(34)35)17(2)25(32-33)27(28,29)30/h4-13,17,23H,14-15H2,1-3H3,(H,34,35). The Balaban J connectivity index is 1.55. The highest BCUT2D eigenvalue weighted by Gasteiger charge is 2.48. The molecular weight excluding hydrogens is 471 g/mol. The highest BCUT2D eigenvalue weighted by atomic mass is 19.4. The first-order valence-corrected chi connectivity index (χ1v) is 11.4. The number of rotatable bonds is 7. The Morgan fingerprint density at radius 1 is 1.14 bits per heavy atom. The lowest BCUT2D eigenvalue weighted by Crippen LogP contribution is -2.36. The van der Waals surface area contributed by atoms with Gasteiger partial charge in [-0.2, -0.15) is 18.3 Å². The van der Waals surface area contributed by atoms with Crippen molar-refractivity contribution in [3.8, 4) is 17.0 Å². The number of nitrogens with zero attached hydrogens (tertiary/aromatic N) is 3. The molecule has 0 fully saturated rings. The van der Waals surface area contributed by atoms with Gasteiger partial charge in [0.25, 0.3) is 0 Å². The summed E-state index contributed by atoms with van der Waals surface area (Å²) < 4.78 is 45.6. The number of aliphatic carboxylic acids is 1. The Labute approximate surface area is 207 Å². The van der Waals surface area contributed by atoms with Crippen molar-refractivity contribution in [3.63, 3.8) is 0 Å². The van der Waals surface area contributed by atoms with Crippen LogP contribution in [-0.4, -0.2) is 41.1 Å². The highest BCUT2D eigenvalue weighted by Crippen LogP contribution is 2.36. The van der Waals surface area contributed by atoms with Crippen molar-refractivity contribution in [3.05, 3.63) is 77.5 Å². The molecule has 1 aliphatic heterocycles. The normalized spacial score (nSPS) is 17.7. The summed E-state index contributed by atoms with van der Waals surface area (Å²) in [6.45, 7) is 3.38. The molecule has 4 rings (SSSR count). The van der Waals surface area contributed by atoms with Gasteiger partial charge in [0.15, 0.2) is 0 Å². The van der Waals surface area contributed by atoms with E-state index in [1.807, 2.05) is 43.3 Å². The fourth-order valence-electron chi connectivity index (χ4n) is 4.50. The average Bonchev–Trinajstić information content (AvgIpc) is 3.16. The summed E-state index contributed by atoms with van der Waals surface area (Å²) in [4.78, 5) is 15.6. The van der Waals surface area contributed by atoms with Crippen molar-refractivity contribution in [2.45, 2.75) is 38.9 Å². The molecule has 2 aromatic carbocycles. The van der Waals surface area contributed by atoms with Crippen LogP contribution in [0.5, 0.6) is 5.88 Å². The molecule has 1 aliphatic rings. The minimum Gasteiger partial charge on any atom is -0.481 e. The molecule has 2 atom stereocenters. The first-order valence-electron chi connectivity index (χ1n) is 11.4. The zero-order valence-electron chi connectivity index (χ0n) is 20.1. The Bertz CT molecular complexity index is 1290. The van der Waals surface area contributed by atoms with E-state index in [1.165, 1.54) is 11.9 Å². The van der Waals surface area contributed by atoms with Gasteiger partial charge < -0.3 is 9.84 Å². The van der Waals surface area contributed by atoms with Gasteiger partial charge >= 0.3 is 12.1 Å². The lowest BCUT2D eigenvalue weighted by molar-refractivity contribution is -0.137. The van der Waals surface area contributed by atoms with Gasteiger partial charge in [-0.25, -0.2) is 4.98 Å². The van der Waals surface area contributed by atoms with Crippen LogP contribution in [0.25, 0.3) is 11.1 Å². The number of hydrogen-bond acceptors (Lipinski definition) is 5. The number of aromatic nitrogens is 1. The van der Waals surface area contributed by atoms with Gasteiger partial charge in [-0.3, -0.25) is 9.80 Å². The first-order chi connectivity index (χ1) is 17.1. The maximum atomic E-state index is 13.4. The summed E-state index contributed by atoms with van der Waals surface area (Å²) in [7, 11) is 1.58. The summed E-state index contributed by atoms with van der Waals surface area (Å²) in [5.74, 6) is -1.68. The van der Waals surface area contributed by atoms with Gasteiger partial charge in [0.1, 0.15) is 5.71 Å². The van der Waals surface area contributed by atoms with Gasteiger partial charge in [-0.05, 0) is 59.9 Å². The van der Waals surface area contributed by atoms with Crippen LogP contribution in [0.3, 0.4) is 0 Å². The number of ether oxygens (including phenoxy) is 1. The second-order valence-electron chi connectivity index (χ2n) is 8.83. The fraction of sp³-hybridized carbons (Fsp3) is 0.296. The Morgan fingerprint density at radius 2 is 1.86 bits per heavy atom. The van der Waals surface area contributed by atoms with Crippen LogP contribution in [0.15, 0.2) is 65.9 Å². The van der Waals surface area contributed by atoms with E-state index in [4.69, 9.17) is 4.74 Å². The number of alkyl halides is 3. The lowest BCUT2D eigenvalue weighted by atomic mass is 9.94. The molecule has 0 radical (unpaired) electrons. The number of carboxylic acids is 1. The quantitative estimate of drug-likeness (QED) is 0.442. The van der Waals surface area contributed by atoms with E-state index >= 15 is 0 Å². The van der Waals surface area contributed by atoms with Crippen molar-refractivity contribution in [2.24, 2.45) is 11.0 Å². The molecule has 0 spiro atoms. The minimum absolute atomic E-state index is 0.423. The van der Waals surface area contributed by atoms with E-state index in [-0.39, 0.29) is 0 Å². The Morgan fingerprint density at radius 3 is 2.47 bits per heavy atom. The smallest absolute Gasteiger partial charge is 0.431 e. The molecule has 0 amide bonds. The molecule has 1 aromatic heterocycles. The Hall–Kier alpha value is -3.88. The fourth-order valence-corrected chi connectivity index (χ4v) is 4.50. The summed E-state index contributed by atoms with van der Waals surface area (Å²) in [6.07, 6.45) is -2.76. The van der Waals surface area contributed by atoms with Crippen LogP contribution in [0.4, 0.5) is 18.9 Å². The average molecular weight is 498 g/mol. The predicted octanol–water partition coefficient (Wildman–Crippen LogP) is 5.87. The van der Waals surface area contributed by atoms with E-state index < -0.39 is 36.2 Å². The number of carbonyl (C=O) groups is 1. The van der Waals surface area contributed by atoms with Crippen LogP contribution >= 0.6 is 0 Å². The summed E-state index contributed by atoms with van der Waals surface area (Å²) in [5, 5.41) is 14.2. The number of methoxy groups -OCH3 is 1. The zero-order chi connectivity index (χ0) is 26.0. The summed E-state index contributed by atoms with van der Waals surface area (Å²) in [6, 6.07) is 16.0. The maximum Gasteiger partial charge on any atom is 0.431 e. The lowest BCUT2D eigenvalue weighted by Gasteiger charge is -2.25. The van der Waals surface area contributed by atoms with Gasteiger partial charge in [0.2, 0.25) is 5.88 Å². The number of aryl methyl sites for hydroxylation is 1. The molecule has 0 aliphatic carbocycles. The topological polar surface area (TPSA) is 75.0 Å². The summed E-state index contributed by atoms with van der Waals surface area (Å²) >= 11 is 0. The number of pyridine rings is 1. The van der Waals surface area contributed by atoms with E-state index in [2.05, 4.69) is 16.2 Å². The van der Waals surface area contributed by atoms with Crippen molar-refractivity contribution in [1.82, 2.24) is 4.98 Å². The Kier molecular flexibility index (Phi) is 7.01. The largest absolute Gasteiger partial charge is 0.481 e. The molecule has 2 heterocycles. The number of hydrogen-bond donors (Lipinski definition) is 1. The molecule has 2 unspecified atom stereocenters. The molecule has 9 heteroatoms. The second-order valence-corrected chi connectivity index (χ2v) is 8.83. The van der Waals surface area contributed by atoms with Crippen LogP contribution < -0.4 is 9.75 Å². The molecule has 0 saturated carbocycles. The zero-order valence-corrected chi connectivity index (χ0v) is 20.1. The van der Waals surface area contributed by atoms with Crippen LogP contribution in [0, 0.1) is 12.8 Å². The van der Waals surface area contributed by atoms with Crippen LogP contribution in [-0.2, 0) is 11.2 Å². The van der Waals surface area contributed by atoms with Crippen LogP contribution in [0.2, 0.25) is 0 Å². The van der Waals surface area contributed by atoms with Gasteiger partial charge in [0, 0.05) is 17.7 Å². The van der Waals surface area contributed by atoms with Crippen LogP contribution in [0.1, 0.15) is 30.0 Å². The van der Waals surface area contributed by atoms with Gasteiger partial charge in [-0.15, -0.1) is 0 Å². The molecule has 188 valence electrons. The summed E-state index contributed by atoms with van der Waals surface area (Å²) in [5.41, 5.74) is 4.50. The number of anilines is 1. The SMILES string of the molecule is COc1ncccc1-c1ccc(Cc2ccc(N3N=C(C(F)(F)F)C(C)C3CC(=O)O)cc2)c(C)c1. The van der Waals surface area contributed by atoms with E-state index in [0.29, 0.717) is 18.0 Å². The number of hydrazone groups is 1. The van der Waals surface area contributed by atoms with Crippen molar-refractivity contribution in [2.75, 3.05) is 12.1 Å².